The van der Waals surface area contributed by atoms with Gasteiger partial charge in [-0.05, 0) is 55.3 Å². The molecule has 1 aliphatic rings. The second kappa shape index (κ2) is 8.75. The number of imidazole rings is 1. The van der Waals surface area contributed by atoms with E-state index in [1.807, 2.05) is 0 Å². The third-order valence-corrected chi connectivity index (χ3v) is 5.26. The maximum Gasteiger partial charge on any atom is 0.416 e. The van der Waals surface area contributed by atoms with Crippen LogP contribution in [-0.2, 0) is 11.0 Å². The fourth-order valence-electron chi connectivity index (χ4n) is 3.35. The number of carbonyl (C=O) groups is 2. The monoisotopic (exact) mass is 481 g/mol. The zero-order valence-electron chi connectivity index (χ0n) is 18.0. The highest BCUT2D eigenvalue weighted by atomic mass is 19.4. The molecule has 2 amide bonds. The Labute approximate surface area is 196 Å². The van der Waals surface area contributed by atoms with Crippen molar-refractivity contribution in [3.8, 4) is 11.6 Å². The lowest BCUT2D eigenvalue weighted by Gasteiger charge is -2.10. The van der Waals surface area contributed by atoms with Crippen LogP contribution in [-0.4, -0.2) is 26.4 Å². The first-order chi connectivity index (χ1) is 16.7. The summed E-state index contributed by atoms with van der Waals surface area (Å²) in [6, 6.07) is 13.8. The summed E-state index contributed by atoms with van der Waals surface area (Å²) in [4.78, 5) is 28.8. The molecule has 35 heavy (non-hydrogen) atoms. The topological polar surface area (TPSA) is 97.6 Å². The number of carbonyl (C=O) groups excluding carboxylic acids is 2. The molecule has 0 spiro atoms. The lowest BCUT2D eigenvalue weighted by molar-refractivity contribution is -0.137. The van der Waals surface area contributed by atoms with Crippen LogP contribution < -0.4 is 15.4 Å². The Hall–Kier alpha value is -4.41. The molecule has 0 saturated heterocycles. The zero-order valence-corrected chi connectivity index (χ0v) is 18.0. The smallest absolute Gasteiger partial charge is 0.416 e. The number of ether oxygens (including phenoxy) is 1. The number of benzene rings is 2. The third kappa shape index (κ3) is 5.24. The van der Waals surface area contributed by atoms with Gasteiger partial charge in [0.15, 0.2) is 11.5 Å². The van der Waals surface area contributed by atoms with Crippen LogP contribution in [0.1, 0.15) is 28.8 Å². The number of halogens is 3. The van der Waals surface area contributed by atoms with E-state index in [-0.39, 0.29) is 29.0 Å². The predicted molar refractivity (Wildman–Crippen MR) is 120 cm³/mol. The maximum absolute atomic E-state index is 12.9. The van der Waals surface area contributed by atoms with Gasteiger partial charge in [0.2, 0.25) is 11.8 Å². The molecular formula is C24H18F3N5O3. The number of aromatic nitrogens is 3. The quantitative estimate of drug-likeness (QED) is 0.397. The lowest BCUT2D eigenvalue weighted by Crippen LogP contribution is -2.13. The van der Waals surface area contributed by atoms with Gasteiger partial charge < -0.3 is 15.4 Å². The van der Waals surface area contributed by atoms with Crippen molar-refractivity contribution in [3.05, 3.63) is 78.0 Å². The molecule has 2 heterocycles. The Morgan fingerprint density at radius 3 is 2.57 bits per heavy atom. The number of nitrogens with one attached hydrogen (secondary N) is 2. The third-order valence-electron chi connectivity index (χ3n) is 5.26. The summed E-state index contributed by atoms with van der Waals surface area (Å²) in [5, 5.41) is 9.52. The zero-order chi connectivity index (χ0) is 24.6. The summed E-state index contributed by atoms with van der Waals surface area (Å²) in [6.07, 6.45) is -1.18. The average molecular weight is 481 g/mol. The van der Waals surface area contributed by atoms with Gasteiger partial charge in [0.1, 0.15) is 5.75 Å². The molecular weight excluding hydrogens is 463 g/mol. The molecule has 2 N–H and O–H groups in total. The molecule has 8 nitrogen and oxygen atoms in total. The fraction of sp³-hybridized carbons (Fsp3) is 0.167. The summed E-state index contributed by atoms with van der Waals surface area (Å²) in [5.74, 6) is 0.291. The molecule has 1 saturated carbocycles. The molecule has 11 heteroatoms. The van der Waals surface area contributed by atoms with E-state index >= 15 is 0 Å². The minimum Gasteiger partial charge on any atom is -0.438 e. The molecule has 0 aliphatic heterocycles. The Morgan fingerprint density at radius 1 is 1.00 bits per heavy atom. The first kappa shape index (κ1) is 22.4. The van der Waals surface area contributed by atoms with Gasteiger partial charge in [0, 0.05) is 23.2 Å². The predicted octanol–water partition coefficient (Wildman–Crippen LogP) is 5.14. The van der Waals surface area contributed by atoms with E-state index in [1.54, 1.807) is 30.5 Å². The SMILES string of the molecule is O=C(Nc1cccc(C(F)(F)F)c1)c1cccc(Oc2ccc3nc(NC(=O)C4CC4)cn3n2)c1. The molecule has 1 fully saturated rings. The van der Waals surface area contributed by atoms with Crippen molar-refractivity contribution in [3.63, 3.8) is 0 Å². The molecule has 4 aromatic rings. The Morgan fingerprint density at radius 2 is 1.80 bits per heavy atom. The highest BCUT2D eigenvalue weighted by molar-refractivity contribution is 6.04. The van der Waals surface area contributed by atoms with Gasteiger partial charge in [0.25, 0.3) is 5.91 Å². The van der Waals surface area contributed by atoms with E-state index in [0.29, 0.717) is 17.2 Å². The number of anilines is 2. The molecule has 0 unspecified atom stereocenters. The first-order valence-corrected chi connectivity index (χ1v) is 10.7. The van der Waals surface area contributed by atoms with Crippen LogP contribution in [0.3, 0.4) is 0 Å². The van der Waals surface area contributed by atoms with Crippen LogP contribution >= 0.6 is 0 Å². The highest BCUT2D eigenvalue weighted by Crippen LogP contribution is 2.31. The molecule has 0 bridgehead atoms. The van der Waals surface area contributed by atoms with Crippen LogP contribution in [0.4, 0.5) is 24.7 Å². The molecule has 178 valence electrons. The number of fused-ring (bicyclic) bond motifs is 1. The molecule has 1 aliphatic carbocycles. The molecule has 2 aromatic heterocycles. The standard InChI is InChI=1S/C24H18F3N5O3/c25-24(26,27)16-4-2-5-17(12-16)28-23(34)15-3-1-6-18(11-15)35-21-10-9-20-29-19(13-32(20)31-21)30-22(33)14-7-8-14/h1-6,9-14H,7-8H2,(H,28,34)(H,30,33). The summed E-state index contributed by atoms with van der Waals surface area (Å²) < 4.78 is 46.0. The minimum absolute atomic E-state index is 0.0213. The van der Waals surface area contributed by atoms with Crippen LogP contribution in [0.2, 0.25) is 0 Å². The Kier molecular flexibility index (Phi) is 5.59. The number of amides is 2. The van der Waals surface area contributed by atoms with E-state index in [4.69, 9.17) is 4.74 Å². The maximum atomic E-state index is 12.9. The second-order valence-corrected chi connectivity index (χ2v) is 8.03. The van der Waals surface area contributed by atoms with E-state index < -0.39 is 17.6 Å². The highest BCUT2D eigenvalue weighted by Gasteiger charge is 2.31. The summed E-state index contributed by atoms with van der Waals surface area (Å²) in [6.45, 7) is 0. The Balaban J connectivity index is 1.29. The minimum atomic E-state index is -4.51. The van der Waals surface area contributed by atoms with Crippen molar-refractivity contribution in [2.75, 3.05) is 10.6 Å². The summed E-state index contributed by atoms with van der Waals surface area (Å²) in [7, 11) is 0. The van der Waals surface area contributed by atoms with E-state index in [9.17, 15) is 22.8 Å². The summed E-state index contributed by atoms with van der Waals surface area (Å²) >= 11 is 0. The van der Waals surface area contributed by atoms with E-state index in [1.165, 1.54) is 28.8 Å². The normalized spacial score (nSPS) is 13.5. The van der Waals surface area contributed by atoms with Gasteiger partial charge in [-0.2, -0.15) is 13.2 Å². The number of alkyl halides is 3. The molecule has 2 aromatic carbocycles. The van der Waals surface area contributed by atoms with Gasteiger partial charge in [-0.1, -0.05) is 12.1 Å². The molecule has 0 radical (unpaired) electrons. The van der Waals surface area contributed by atoms with E-state index in [0.717, 1.165) is 25.0 Å². The number of nitrogens with zero attached hydrogens (tertiary/aromatic N) is 3. The lowest BCUT2D eigenvalue weighted by atomic mass is 10.1. The van der Waals surface area contributed by atoms with Crippen LogP contribution in [0, 0.1) is 5.92 Å². The number of rotatable bonds is 6. The van der Waals surface area contributed by atoms with Gasteiger partial charge in [-0.3, -0.25) is 9.59 Å². The van der Waals surface area contributed by atoms with Crippen molar-refractivity contribution in [2.45, 2.75) is 19.0 Å². The number of hydrogen-bond acceptors (Lipinski definition) is 5. The fourth-order valence-corrected chi connectivity index (χ4v) is 3.35. The van der Waals surface area contributed by atoms with Gasteiger partial charge in [0.05, 0.1) is 11.8 Å². The van der Waals surface area contributed by atoms with Crippen LogP contribution in [0.5, 0.6) is 11.6 Å². The average Bonchev–Trinajstić information content (AvgIpc) is 3.60. The van der Waals surface area contributed by atoms with Gasteiger partial charge in [-0.15, -0.1) is 5.10 Å². The van der Waals surface area contributed by atoms with Gasteiger partial charge in [-0.25, -0.2) is 9.50 Å². The first-order valence-electron chi connectivity index (χ1n) is 10.7. The van der Waals surface area contributed by atoms with Crippen LogP contribution in [0.15, 0.2) is 66.9 Å². The van der Waals surface area contributed by atoms with Crippen molar-refractivity contribution < 1.29 is 27.5 Å². The van der Waals surface area contributed by atoms with E-state index in [2.05, 4.69) is 20.7 Å². The Bertz CT molecular complexity index is 1430. The largest absolute Gasteiger partial charge is 0.438 e. The molecule has 0 atom stereocenters. The molecule has 5 rings (SSSR count). The van der Waals surface area contributed by atoms with Crippen molar-refractivity contribution in [2.24, 2.45) is 5.92 Å². The summed E-state index contributed by atoms with van der Waals surface area (Å²) in [5.41, 5.74) is -0.136. The second-order valence-electron chi connectivity index (χ2n) is 8.03. The van der Waals surface area contributed by atoms with Crippen molar-refractivity contribution >= 4 is 29.0 Å². The number of hydrogen-bond donors (Lipinski definition) is 2. The van der Waals surface area contributed by atoms with Gasteiger partial charge >= 0.3 is 6.18 Å². The van der Waals surface area contributed by atoms with Crippen molar-refractivity contribution in [1.29, 1.82) is 0 Å². The van der Waals surface area contributed by atoms with Crippen LogP contribution in [0.25, 0.3) is 5.65 Å². The van der Waals surface area contributed by atoms with Crippen molar-refractivity contribution in [1.82, 2.24) is 14.6 Å².